The highest BCUT2D eigenvalue weighted by atomic mass is 16.6. The van der Waals surface area contributed by atoms with Crippen LogP contribution in [0.25, 0.3) is 11.1 Å². The van der Waals surface area contributed by atoms with Crippen LogP contribution in [0.2, 0.25) is 0 Å². The molecule has 0 aromatic heterocycles. The summed E-state index contributed by atoms with van der Waals surface area (Å²) in [6, 6.07) is 25.1. The van der Waals surface area contributed by atoms with Gasteiger partial charge in [0.2, 0.25) is 0 Å². The van der Waals surface area contributed by atoms with E-state index in [-0.39, 0.29) is 12.0 Å². The summed E-state index contributed by atoms with van der Waals surface area (Å²) in [5, 5.41) is 0. The van der Waals surface area contributed by atoms with Crippen molar-refractivity contribution in [2.45, 2.75) is 57.8 Å². The van der Waals surface area contributed by atoms with E-state index in [1.807, 2.05) is 36.4 Å². The molecule has 0 fully saturated rings. The van der Waals surface area contributed by atoms with Crippen LogP contribution in [0.4, 0.5) is 4.79 Å². The van der Waals surface area contributed by atoms with E-state index in [4.69, 9.17) is 18.9 Å². The summed E-state index contributed by atoms with van der Waals surface area (Å²) in [4.78, 5) is 14.2. The van der Waals surface area contributed by atoms with Crippen molar-refractivity contribution in [3.63, 3.8) is 0 Å². The van der Waals surface area contributed by atoms with Crippen LogP contribution in [0.1, 0.15) is 68.1 Å². The van der Waals surface area contributed by atoms with Gasteiger partial charge in [-0.2, -0.15) is 0 Å². The number of unbranched alkanes of at least 4 members (excludes halogenated alkanes) is 5. The fraction of sp³-hybridized carbons (Fsp3) is 0.472. The maximum absolute atomic E-state index is 12.6. The van der Waals surface area contributed by atoms with Gasteiger partial charge in [-0.05, 0) is 52.8 Å². The monoisotopic (exact) mass is 573 g/mol. The molecule has 6 heteroatoms. The molecule has 226 valence electrons. The number of aryl methyl sites for hydroxylation is 1. The molecule has 1 aliphatic rings. The largest absolute Gasteiger partial charge is 0.491 e. The van der Waals surface area contributed by atoms with Crippen molar-refractivity contribution in [1.29, 1.82) is 0 Å². The molecule has 42 heavy (non-hydrogen) atoms. The number of likely N-dealkylation sites (N-methyl/N-ethyl adjacent to an activating group) is 1. The lowest BCUT2D eigenvalue weighted by atomic mass is 9.98. The molecule has 0 heterocycles. The summed E-state index contributed by atoms with van der Waals surface area (Å²) >= 11 is 0. The van der Waals surface area contributed by atoms with E-state index in [9.17, 15) is 4.79 Å². The van der Waals surface area contributed by atoms with Crippen LogP contribution < -0.4 is 4.74 Å². The Kier molecular flexibility index (Phi) is 13.2. The third kappa shape index (κ3) is 9.60. The zero-order valence-corrected chi connectivity index (χ0v) is 25.4. The third-order valence-electron chi connectivity index (χ3n) is 7.83. The summed E-state index contributed by atoms with van der Waals surface area (Å²) in [5.41, 5.74) is 6.23. The van der Waals surface area contributed by atoms with E-state index >= 15 is 0 Å². The van der Waals surface area contributed by atoms with Crippen molar-refractivity contribution in [3.05, 3.63) is 89.5 Å². The molecule has 0 spiro atoms. The van der Waals surface area contributed by atoms with Gasteiger partial charge in [-0.1, -0.05) is 99.7 Å². The highest BCUT2D eigenvalue weighted by molar-refractivity contribution is 5.79. The molecule has 1 aliphatic carbocycles. The maximum atomic E-state index is 12.6. The summed E-state index contributed by atoms with van der Waals surface area (Å²) in [6.07, 6.45) is 8.72. The molecule has 3 aromatic rings. The topological polar surface area (TPSA) is 57.2 Å². The van der Waals surface area contributed by atoms with Crippen LogP contribution in [0, 0.1) is 0 Å². The molecule has 4 rings (SSSR count). The van der Waals surface area contributed by atoms with Gasteiger partial charge in [0.05, 0.1) is 26.4 Å². The molecular weight excluding hydrogens is 526 g/mol. The van der Waals surface area contributed by atoms with Crippen LogP contribution in [0.15, 0.2) is 72.8 Å². The lowest BCUT2D eigenvalue weighted by Crippen LogP contribution is -2.32. The zero-order valence-electron chi connectivity index (χ0n) is 25.4. The summed E-state index contributed by atoms with van der Waals surface area (Å²) in [6.45, 7) is 5.40. The second-order valence-electron chi connectivity index (χ2n) is 11.0. The fourth-order valence-corrected chi connectivity index (χ4v) is 5.40. The van der Waals surface area contributed by atoms with E-state index in [0.29, 0.717) is 46.2 Å². The van der Waals surface area contributed by atoms with Crippen LogP contribution in [0.5, 0.6) is 5.75 Å². The smallest absolute Gasteiger partial charge is 0.409 e. The van der Waals surface area contributed by atoms with Gasteiger partial charge < -0.3 is 23.8 Å². The van der Waals surface area contributed by atoms with E-state index in [1.165, 1.54) is 66.3 Å². The molecule has 0 atom stereocenters. The van der Waals surface area contributed by atoms with E-state index in [0.717, 1.165) is 12.2 Å². The number of amides is 1. The molecule has 0 saturated carbocycles. The first kappa shape index (κ1) is 31.6. The van der Waals surface area contributed by atoms with Crippen molar-refractivity contribution in [3.8, 4) is 16.9 Å². The number of hydrogen-bond donors (Lipinski definition) is 0. The summed E-state index contributed by atoms with van der Waals surface area (Å²) in [5.74, 6) is 0.930. The minimum atomic E-state index is -0.343. The second kappa shape index (κ2) is 17.6. The van der Waals surface area contributed by atoms with Gasteiger partial charge in [0.25, 0.3) is 0 Å². The number of benzene rings is 3. The third-order valence-corrected chi connectivity index (χ3v) is 7.83. The molecule has 0 aliphatic heterocycles. The number of ether oxygens (including phenoxy) is 4. The predicted octanol–water partition coefficient (Wildman–Crippen LogP) is 7.88. The highest BCUT2D eigenvalue weighted by Gasteiger charge is 2.29. The minimum absolute atomic E-state index is 0.0568. The summed E-state index contributed by atoms with van der Waals surface area (Å²) in [7, 11) is 1.73. The number of fused-ring (bicyclic) bond motifs is 3. The van der Waals surface area contributed by atoms with Gasteiger partial charge in [-0.3, -0.25) is 0 Å². The quantitative estimate of drug-likeness (QED) is 0.137. The average Bonchev–Trinajstić information content (AvgIpc) is 3.34. The molecule has 0 unspecified atom stereocenters. The van der Waals surface area contributed by atoms with E-state index in [1.54, 1.807) is 11.9 Å². The molecule has 1 amide bonds. The molecular formula is C36H47NO5. The average molecular weight is 574 g/mol. The van der Waals surface area contributed by atoms with Crippen LogP contribution in [0.3, 0.4) is 0 Å². The van der Waals surface area contributed by atoms with Crippen LogP contribution in [-0.2, 0) is 20.6 Å². The fourth-order valence-electron chi connectivity index (χ4n) is 5.40. The van der Waals surface area contributed by atoms with Gasteiger partial charge >= 0.3 is 6.09 Å². The number of nitrogens with zero attached hydrogens (tertiary/aromatic N) is 1. The molecule has 0 bridgehead atoms. The van der Waals surface area contributed by atoms with Crippen molar-refractivity contribution in [2.24, 2.45) is 0 Å². The molecule has 3 aromatic carbocycles. The van der Waals surface area contributed by atoms with Gasteiger partial charge in [0.1, 0.15) is 19.0 Å². The Bertz CT molecular complexity index is 1170. The maximum Gasteiger partial charge on any atom is 0.409 e. The lowest BCUT2D eigenvalue weighted by molar-refractivity contribution is 0.0294. The first-order chi connectivity index (χ1) is 20.7. The Morgan fingerprint density at radius 1 is 0.714 bits per heavy atom. The first-order valence-electron chi connectivity index (χ1n) is 15.6. The Labute approximate surface area is 251 Å². The van der Waals surface area contributed by atoms with Crippen molar-refractivity contribution in [1.82, 2.24) is 4.90 Å². The number of carbonyl (C=O) groups is 1. The predicted molar refractivity (Wildman–Crippen MR) is 168 cm³/mol. The first-order valence-corrected chi connectivity index (χ1v) is 15.6. The van der Waals surface area contributed by atoms with Gasteiger partial charge in [-0.25, -0.2) is 4.79 Å². The summed E-state index contributed by atoms with van der Waals surface area (Å²) < 4.78 is 22.8. The Hall–Kier alpha value is -3.35. The number of carbonyl (C=O) groups excluding carboxylic acids is 1. The highest BCUT2D eigenvalue weighted by Crippen LogP contribution is 2.44. The van der Waals surface area contributed by atoms with Crippen molar-refractivity contribution in [2.75, 3.05) is 53.2 Å². The molecule has 6 nitrogen and oxygen atoms in total. The van der Waals surface area contributed by atoms with Gasteiger partial charge in [0, 0.05) is 19.5 Å². The Morgan fingerprint density at radius 2 is 1.31 bits per heavy atom. The SMILES string of the molecule is CCCCCCCCc1ccc(OCCOCCOCCN(C)C(=O)OCC2c3ccccc3-c3ccccc32)cc1. The molecule has 0 N–H and O–H groups in total. The normalized spacial score (nSPS) is 12.1. The van der Waals surface area contributed by atoms with Crippen molar-refractivity contribution >= 4 is 6.09 Å². The Balaban J connectivity index is 1.01. The number of hydrogen-bond acceptors (Lipinski definition) is 5. The molecule has 0 radical (unpaired) electrons. The van der Waals surface area contributed by atoms with E-state index < -0.39 is 0 Å². The lowest BCUT2D eigenvalue weighted by Gasteiger charge is -2.19. The van der Waals surface area contributed by atoms with Crippen LogP contribution >= 0.6 is 0 Å². The van der Waals surface area contributed by atoms with E-state index in [2.05, 4.69) is 43.3 Å². The minimum Gasteiger partial charge on any atom is -0.491 e. The zero-order chi connectivity index (χ0) is 29.4. The standard InChI is InChI=1S/C36H47NO5/c1-3-4-5-6-7-8-13-29-18-20-30(21-19-29)41-27-26-40-25-24-39-23-22-37(2)36(38)42-28-35-33-16-11-9-14-31(33)32-15-10-12-17-34(32)35/h9-12,14-21,35H,3-8,13,22-28H2,1-2H3. The van der Waals surface area contributed by atoms with Gasteiger partial charge in [-0.15, -0.1) is 0 Å². The van der Waals surface area contributed by atoms with Gasteiger partial charge in [0.15, 0.2) is 0 Å². The Morgan fingerprint density at radius 3 is 2.00 bits per heavy atom. The molecule has 0 saturated heterocycles. The second-order valence-corrected chi connectivity index (χ2v) is 11.0. The van der Waals surface area contributed by atoms with Crippen molar-refractivity contribution < 1.29 is 23.7 Å². The number of rotatable bonds is 19. The van der Waals surface area contributed by atoms with Crippen LogP contribution in [-0.4, -0.2) is 64.2 Å².